The van der Waals surface area contributed by atoms with Gasteiger partial charge in [-0.3, -0.25) is 4.98 Å². The molecule has 0 unspecified atom stereocenters. The molecular weight excluding hydrogens is 361 g/mol. The zero-order chi connectivity index (χ0) is 14.8. The van der Waals surface area contributed by atoms with E-state index in [4.69, 9.17) is 0 Å². The van der Waals surface area contributed by atoms with Crippen LogP contribution in [0.3, 0.4) is 0 Å². The largest absolute Gasteiger partial charge is 0.368 e. The molecule has 0 aromatic carbocycles. The molecular formula is C17H20N4Ru. The molecule has 0 saturated heterocycles. The van der Waals surface area contributed by atoms with E-state index in [9.17, 15) is 0 Å². The first kappa shape index (κ1) is 19.6. The molecule has 22 heavy (non-hydrogen) atoms. The van der Waals surface area contributed by atoms with Gasteiger partial charge in [-0.05, 0) is 48.5 Å². The molecule has 0 saturated carbocycles. The van der Waals surface area contributed by atoms with Gasteiger partial charge in [0.25, 0.3) is 0 Å². The van der Waals surface area contributed by atoms with Gasteiger partial charge in [0.1, 0.15) is 0 Å². The molecule has 4 nitrogen and oxygen atoms in total. The van der Waals surface area contributed by atoms with E-state index in [1.165, 1.54) is 0 Å². The molecule has 0 fully saturated rings. The number of aromatic nitrogens is 4. The van der Waals surface area contributed by atoms with Crippen molar-refractivity contribution in [1.82, 2.24) is 19.9 Å². The van der Waals surface area contributed by atoms with E-state index in [0.29, 0.717) is 0 Å². The summed E-state index contributed by atoms with van der Waals surface area (Å²) in [4.78, 5) is 12.4. The second-order valence-corrected chi connectivity index (χ2v) is 3.68. The molecule has 0 atom stereocenters. The Morgan fingerprint density at radius 1 is 0.409 bits per heavy atom. The molecule has 0 radical (unpaired) electrons. The first-order chi connectivity index (χ1) is 10.5. The number of hydrogen-bond acceptors (Lipinski definition) is 1. The van der Waals surface area contributed by atoms with Crippen molar-refractivity contribution >= 4 is 0 Å². The van der Waals surface area contributed by atoms with Crippen molar-refractivity contribution < 1.29 is 19.5 Å². The van der Waals surface area contributed by atoms with E-state index in [0.717, 1.165) is 0 Å². The minimum absolute atomic E-state index is 0. The van der Waals surface area contributed by atoms with Gasteiger partial charge in [0.05, 0.1) is 0 Å². The number of pyridine rings is 1. The predicted octanol–water partition coefficient (Wildman–Crippen LogP) is 4.12. The van der Waals surface area contributed by atoms with Crippen LogP contribution in [-0.4, -0.2) is 19.9 Å². The standard InChI is InChI=1S/C5H5N.3C4H5N.Ru/c1-2-4-6-5-3-1;3*1-2-4-5-3-1;/h1-5H;3*1-5H;. The molecule has 3 N–H and O–H groups in total. The number of nitrogens with one attached hydrogen (secondary N) is 3. The van der Waals surface area contributed by atoms with Gasteiger partial charge in [-0.1, -0.05) is 6.07 Å². The van der Waals surface area contributed by atoms with Gasteiger partial charge in [0.15, 0.2) is 0 Å². The molecule has 0 aliphatic rings. The second-order valence-electron chi connectivity index (χ2n) is 3.68. The van der Waals surface area contributed by atoms with Gasteiger partial charge in [-0.2, -0.15) is 0 Å². The summed E-state index contributed by atoms with van der Waals surface area (Å²) < 4.78 is 0. The van der Waals surface area contributed by atoms with Crippen LogP contribution in [0.1, 0.15) is 0 Å². The minimum Gasteiger partial charge on any atom is -0.368 e. The van der Waals surface area contributed by atoms with Crippen LogP contribution in [-0.2, 0) is 19.5 Å². The van der Waals surface area contributed by atoms with E-state index < -0.39 is 0 Å². The van der Waals surface area contributed by atoms with Crippen LogP contribution in [0, 0.1) is 0 Å². The van der Waals surface area contributed by atoms with Crippen LogP contribution in [0.2, 0.25) is 0 Å². The van der Waals surface area contributed by atoms with E-state index in [-0.39, 0.29) is 19.5 Å². The fraction of sp³-hybridized carbons (Fsp3) is 0. The zero-order valence-electron chi connectivity index (χ0n) is 12.1. The summed E-state index contributed by atoms with van der Waals surface area (Å²) in [5.74, 6) is 0. The van der Waals surface area contributed by atoms with Gasteiger partial charge < -0.3 is 15.0 Å². The SMILES string of the molecule is [Ru].c1cc[nH]c1.c1cc[nH]c1.c1cc[nH]c1.c1ccncc1. The molecule has 0 amide bonds. The third-order valence-corrected chi connectivity index (χ3v) is 2.05. The third kappa shape index (κ3) is 14.0. The Hall–Kier alpha value is -2.39. The normalized spacial score (nSPS) is 7.64. The summed E-state index contributed by atoms with van der Waals surface area (Å²) in [6.45, 7) is 0. The van der Waals surface area contributed by atoms with E-state index in [2.05, 4.69) is 19.9 Å². The van der Waals surface area contributed by atoms with Crippen LogP contribution >= 0.6 is 0 Å². The van der Waals surface area contributed by atoms with E-state index in [1.807, 2.05) is 91.8 Å². The average molecular weight is 381 g/mol. The first-order valence-corrected chi connectivity index (χ1v) is 6.58. The number of nitrogens with zero attached hydrogens (tertiary/aromatic N) is 1. The number of H-pyrrole nitrogens is 3. The molecule has 4 rings (SSSR count). The van der Waals surface area contributed by atoms with E-state index in [1.54, 1.807) is 12.4 Å². The summed E-state index contributed by atoms with van der Waals surface area (Å²) in [6.07, 6.45) is 14.8. The third-order valence-electron chi connectivity index (χ3n) is 2.05. The molecule has 4 heterocycles. The Labute approximate surface area is 143 Å². The maximum absolute atomic E-state index is 3.78. The summed E-state index contributed by atoms with van der Waals surface area (Å²) in [6, 6.07) is 17.4. The molecule has 0 bridgehead atoms. The number of hydrogen-bond donors (Lipinski definition) is 3. The van der Waals surface area contributed by atoms with Gasteiger partial charge in [0, 0.05) is 69.1 Å². The van der Waals surface area contributed by atoms with Gasteiger partial charge >= 0.3 is 0 Å². The van der Waals surface area contributed by atoms with Crippen molar-refractivity contribution in [2.45, 2.75) is 0 Å². The number of aromatic amines is 3. The summed E-state index contributed by atoms with van der Waals surface area (Å²) >= 11 is 0. The molecule has 5 heteroatoms. The molecule has 0 aliphatic heterocycles. The van der Waals surface area contributed by atoms with E-state index >= 15 is 0 Å². The summed E-state index contributed by atoms with van der Waals surface area (Å²) in [5, 5.41) is 0. The van der Waals surface area contributed by atoms with Crippen LogP contribution in [0.25, 0.3) is 0 Å². The zero-order valence-corrected chi connectivity index (χ0v) is 13.9. The maximum atomic E-state index is 3.78. The monoisotopic (exact) mass is 382 g/mol. The molecule has 4 aromatic rings. The van der Waals surface area contributed by atoms with Gasteiger partial charge in [-0.15, -0.1) is 0 Å². The Morgan fingerprint density at radius 2 is 0.727 bits per heavy atom. The average Bonchev–Trinajstić information content (AvgIpc) is 3.38. The van der Waals surface area contributed by atoms with Crippen LogP contribution in [0.15, 0.2) is 104 Å². The number of rotatable bonds is 0. The fourth-order valence-electron chi connectivity index (χ4n) is 1.15. The van der Waals surface area contributed by atoms with Crippen molar-refractivity contribution in [1.29, 1.82) is 0 Å². The second kappa shape index (κ2) is 16.7. The van der Waals surface area contributed by atoms with Crippen molar-refractivity contribution in [3.63, 3.8) is 0 Å². The minimum atomic E-state index is 0. The molecule has 116 valence electrons. The van der Waals surface area contributed by atoms with Gasteiger partial charge in [-0.25, -0.2) is 0 Å². The molecule has 4 aromatic heterocycles. The Bertz CT molecular complexity index is 420. The summed E-state index contributed by atoms with van der Waals surface area (Å²) in [5.41, 5.74) is 0. The van der Waals surface area contributed by atoms with Crippen molar-refractivity contribution in [2.75, 3.05) is 0 Å². The van der Waals surface area contributed by atoms with Crippen molar-refractivity contribution in [3.8, 4) is 0 Å². The topological polar surface area (TPSA) is 60.3 Å². The Balaban J connectivity index is 0.000000264. The smallest absolute Gasteiger partial charge is 0.0267 e. The molecule has 0 spiro atoms. The van der Waals surface area contributed by atoms with Crippen LogP contribution in [0.5, 0.6) is 0 Å². The predicted molar refractivity (Wildman–Crippen MR) is 86.6 cm³/mol. The van der Waals surface area contributed by atoms with Crippen LogP contribution in [0.4, 0.5) is 0 Å². The van der Waals surface area contributed by atoms with Crippen molar-refractivity contribution in [2.24, 2.45) is 0 Å². The quantitative estimate of drug-likeness (QED) is 0.394. The van der Waals surface area contributed by atoms with Gasteiger partial charge in [0.2, 0.25) is 0 Å². The maximum Gasteiger partial charge on any atom is 0.0267 e. The van der Waals surface area contributed by atoms with Crippen LogP contribution < -0.4 is 0 Å². The Morgan fingerprint density at radius 3 is 0.818 bits per heavy atom. The molecule has 0 aliphatic carbocycles. The first-order valence-electron chi connectivity index (χ1n) is 6.58. The summed E-state index contributed by atoms with van der Waals surface area (Å²) in [7, 11) is 0. The Kier molecular flexibility index (Phi) is 14.9. The van der Waals surface area contributed by atoms with Crippen molar-refractivity contribution in [3.05, 3.63) is 104 Å². The fourth-order valence-corrected chi connectivity index (χ4v) is 1.15.